The number of aliphatic imine (C=N–C) groups is 1. The van der Waals surface area contributed by atoms with Gasteiger partial charge in [0, 0.05) is 12.4 Å². The van der Waals surface area contributed by atoms with E-state index in [1.807, 2.05) is 5.38 Å². The monoisotopic (exact) mass is 560 g/mol. The van der Waals surface area contributed by atoms with E-state index in [1.54, 1.807) is 37.4 Å². The Morgan fingerprint density at radius 2 is 2.08 bits per heavy atom. The molecule has 0 spiro atoms. The summed E-state index contributed by atoms with van der Waals surface area (Å²) < 4.78 is 19.1. The summed E-state index contributed by atoms with van der Waals surface area (Å²) in [5.41, 5.74) is 8.60. The summed E-state index contributed by atoms with van der Waals surface area (Å²) in [7, 11) is 1.76. The van der Waals surface area contributed by atoms with Crippen LogP contribution >= 0.6 is 34.3 Å². The van der Waals surface area contributed by atoms with Crippen LogP contribution in [0.1, 0.15) is 17.0 Å². The number of aromatic nitrogens is 2. The maximum atomic E-state index is 13.4. The van der Waals surface area contributed by atoms with Crippen molar-refractivity contribution < 1.29 is 19.0 Å². The Balaban J connectivity index is 1.48. The van der Waals surface area contributed by atoms with Gasteiger partial charge in [0.1, 0.15) is 35.5 Å². The number of ether oxygens (including phenoxy) is 1. The van der Waals surface area contributed by atoms with Crippen molar-refractivity contribution in [2.75, 3.05) is 19.0 Å². The zero-order valence-electron chi connectivity index (χ0n) is 19.5. The highest BCUT2D eigenvalue weighted by molar-refractivity contribution is 7.23. The SMILES string of the molecule is CNc1sc(-c2nc(CNC(=O)CO)cs2)nc1C(N)=Nc1ccc(OCc2cccc(F)c2)c(Cl)c1. The molecule has 37 heavy (non-hydrogen) atoms. The van der Waals surface area contributed by atoms with Crippen molar-refractivity contribution in [3.63, 3.8) is 0 Å². The second-order valence-electron chi connectivity index (χ2n) is 7.56. The number of amides is 1. The van der Waals surface area contributed by atoms with Crippen molar-refractivity contribution in [2.24, 2.45) is 10.7 Å². The van der Waals surface area contributed by atoms with Gasteiger partial charge in [0.25, 0.3) is 0 Å². The smallest absolute Gasteiger partial charge is 0.246 e. The molecule has 0 aliphatic carbocycles. The lowest BCUT2D eigenvalue weighted by Gasteiger charge is -2.09. The first kappa shape index (κ1) is 26.5. The number of nitrogens with zero attached hydrogens (tertiary/aromatic N) is 3. The highest BCUT2D eigenvalue weighted by atomic mass is 35.5. The number of thiazole rings is 2. The number of nitrogens with two attached hydrogens (primary N) is 1. The van der Waals surface area contributed by atoms with E-state index in [-0.39, 0.29) is 24.8 Å². The molecule has 13 heteroatoms. The minimum Gasteiger partial charge on any atom is -0.487 e. The molecule has 2 heterocycles. The van der Waals surface area contributed by atoms with Gasteiger partial charge in [-0.2, -0.15) is 0 Å². The predicted octanol–water partition coefficient (Wildman–Crippen LogP) is 4.33. The maximum absolute atomic E-state index is 13.4. The molecular formula is C24H22ClFN6O3S2. The number of halogens is 2. The quantitative estimate of drug-likeness (QED) is 0.167. The Labute approximate surface area is 224 Å². The molecule has 2 aromatic carbocycles. The largest absolute Gasteiger partial charge is 0.487 e. The first-order chi connectivity index (χ1) is 17.9. The molecule has 4 aromatic rings. The fourth-order valence-corrected chi connectivity index (χ4v) is 5.15. The van der Waals surface area contributed by atoms with E-state index in [4.69, 9.17) is 27.2 Å². The zero-order valence-corrected chi connectivity index (χ0v) is 21.9. The van der Waals surface area contributed by atoms with E-state index in [0.717, 1.165) is 0 Å². The van der Waals surface area contributed by atoms with Crippen LogP contribution in [0.2, 0.25) is 5.02 Å². The molecule has 2 aromatic heterocycles. The van der Waals surface area contributed by atoms with E-state index in [9.17, 15) is 9.18 Å². The zero-order chi connectivity index (χ0) is 26.4. The van der Waals surface area contributed by atoms with E-state index < -0.39 is 12.5 Å². The van der Waals surface area contributed by atoms with Gasteiger partial charge in [-0.1, -0.05) is 35.1 Å². The molecule has 0 aliphatic heterocycles. The number of hydrogen-bond acceptors (Lipinski definition) is 9. The Kier molecular flexibility index (Phi) is 8.66. The first-order valence-electron chi connectivity index (χ1n) is 10.9. The van der Waals surface area contributed by atoms with Gasteiger partial charge in [0.2, 0.25) is 5.91 Å². The van der Waals surface area contributed by atoms with Crippen LogP contribution in [0.5, 0.6) is 5.75 Å². The summed E-state index contributed by atoms with van der Waals surface area (Å²) >= 11 is 9.12. The molecular weight excluding hydrogens is 539 g/mol. The third-order valence-electron chi connectivity index (χ3n) is 4.89. The number of carbonyl (C=O) groups excluding carboxylic acids is 1. The highest BCUT2D eigenvalue weighted by Crippen LogP contribution is 2.35. The minimum absolute atomic E-state index is 0.168. The third-order valence-corrected chi connectivity index (χ3v) is 7.29. The van der Waals surface area contributed by atoms with Crippen LogP contribution in [0.3, 0.4) is 0 Å². The van der Waals surface area contributed by atoms with Gasteiger partial charge in [0.15, 0.2) is 15.9 Å². The third kappa shape index (κ3) is 6.80. The summed E-state index contributed by atoms with van der Waals surface area (Å²) in [6.45, 7) is -0.201. The van der Waals surface area contributed by atoms with Crippen molar-refractivity contribution in [1.82, 2.24) is 15.3 Å². The molecule has 0 aliphatic rings. The number of nitrogens with one attached hydrogen (secondary N) is 2. The molecule has 1 amide bonds. The van der Waals surface area contributed by atoms with Crippen LogP contribution in [-0.2, 0) is 17.9 Å². The van der Waals surface area contributed by atoms with Crippen LogP contribution in [0.25, 0.3) is 10.0 Å². The normalized spacial score (nSPS) is 11.4. The van der Waals surface area contributed by atoms with E-state index in [2.05, 4.69) is 25.6 Å². The summed E-state index contributed by atoms with van der Waals surface area (Å²) in [6, 6.07) is 11.1. The van der Waals surface area contributed by atoms with Gasteiger partial charge in [-0.3, -0.25) is 4.79 Å². The Bertz CT molecular complexity index is 1440. The summed E-state index contributed by atoms with van der Waals surface area (Å²) in [4.78, 5) is 24.8. The van der Waals surface area contributed by atoms with Gasteiger partial charge in [-0.15, -0.1) is 11.3 Å². The standard InChI is InChI=1S/C24H22ClFN6O3S2/c1-28-22-20(32-24(37-22)23-31-16(12-36-23)9-29-19(34)10-33)21(27)30-15-5-6-18(17(25)8-15)35-11-13-3-2-4-14(26)7-13/h2-8,12,28,33H,9-11H2,1H3,(H2,27,30)(H,29,34). The van der Waals surface area contributed by atoms with Crippen molar-refractivity contribution >= 4 is 56.7 Å². The number of carbonyl (C=O) groups is 1. The van der Waals surface area contributed by atoms with Gasteiger partial charge in [-0.25, -0.2) is 19.4 Å². The van der Waals surface area contributed by atoms with Gasteiger partial charge < -0.3 is 26.2 Å². The Morgan fingerprint density at radius 3 is 2.81 bits per heavy atom. The molecule has 192 valence electrons. The van der Waals surface area contributed by atoms with Crippen LogP contribution in [-0.4, -0.2) is 40.5 Å². The fraction of sp³-hybridized carbons (Fsp3) is 0.167. The van der Waals surface area contributed by atoms with Crippen molar-refractivity contribution in [3.05, 3.63) is 75.6 Å². The number of aliphatic hydroxyl groups is 1. The summed E-state index contributed by atoms with van der Waals surface area (Å²) in [5.74, 6) is -0.187. The number of aliphatic hydroxyl groups excluding tert-OH is 1. The van der Waals surface area contributed by atoms with Gasteiger partial charge >= 0.3 is 0 Å². The van der Waals surface area contributed by atoms with E-state index in [1.165, 1.54) is 34.8 Å². The lowest BCUT2D eigenvalue weighted by atomic mass is 10.2. The van der Waals surface area contributed by atoms with Crippen LogP contribution < -0.4 is 21.1 Å². The van der Waals surface area contributed by atoms with Gasteiger partial charge in [0.05, 0.1) is 22.9 Å². The molecule has 0 fully saturated rings. The fourth-order valence-electron chi connectivity index (χ4n) is 3.14. The van der Waals surface area contributed by atoms with Crippen molar-refractivity contribution in [2.45, 2.75) is 13.2 Å². The maximum Gasteiger partial charge on any atom is 0.246 e. The van der Waals surface area contributed by atoms with Crippen LogP contribution in [0.4, 0.5) is 15.1 Å². The highest BCUT2D eigenvalue weighted by Gasteiger charge is 2.18. The summed E-state index contributed by atoms with van der Waals surface area (Å²) in [6.07, 6.45) is 0. The molecule has 0 radical (unpaired) electrons. The molecule has 0 unspecified atom stereocenters. The van der Waals surface area contributed by atoms with Crippen LogP contribution in [0, 0.1) is 5.82 Å². The number of amidine groups is 1. The Morgan fingerprint density at radius 1 is 1.24 bits per heavy atom. The molecule has 4 rings (SSSR count). The number of anilines is 1. The molecule has 0 saturated heterocycles. The first-order valence-corrected chi connectivity index (χ1v) is 13.0. The average Bonchev–Trinajstić information content (AvgIpc) is 3.54. The van der Waals surface area contributed by atoms with Gasteiger partial charge in [-0.05, 0) is 35.9 Å². The molecule has 0 atom stereocenters. The molecule has 0 saturated carbocycles. The second kappa shape index (κ2) is 12.1. The number of rotatable bonds is 10. The predicted molar refractivity (Wildman–Crippen MR) is 144 cm³/mol. The number of hydrogen-bond donors (Lipinski definition) is 4. The molecule has 9 nitrogen and oxygen atoms in total. The molecule has 0 bridgehead atoms. The van der Waals surface area contributed by atoms with E-state index >= 15 is 0 Å². The minimum atomic E-state index is -0.577. The van der Waals surface area contributed by atoms with E-state index in [0.29, 0.717) is 48.4 Å². The average molecular weight is 561 g/mol. The Hall–Kier alpha value is -3.58. The second-order valence-corrected chi connectivity index (χ2v) is 9.82. The topological polar surface area (TPSA) is 135 Å². The number of benzene rings is 2. The van der Waals surface area contributed by atoms with Crippen LogP contribution in [0.15, 0.2) is 52.8 Å². The van der Waals surface area contributed by atoms with Crippen molar-refractivity contribution in [1.29, 1.82) is 0 Å². The lowest BCUT2D eigenvalue weighted by Crippen LogP contribution is -2.25. The van der Waals surface area contributed by atoms with Crippen molar-refractivity contribution in [3.8, 4) is 15.8 Å². The summed E-state index contributed by atoms with van der Waals surface area (Å²) in [5, 5.41) is 18.6. The lowest BCUT2D eigenvalue weighted by molar-refractivity contribution is -0.123. The molecule has 5 N–H and O–H groups in total.